The average Bonchev–Trinajstić information content (AvgIpc) is 2.38. The number of rotatable bonds is 5. The van der Waals surface area contributed by atoms with Gasteiger partial charge in [0.2, 0.25) is 0 Å². The summed E-state index contributed by atoms with van der Waals surface area (Å²) in [5.74, 6) is 0.800. The minimum atomic E-state index is -0.315. The second kappa shape index (κ2) is 6.12. The van der Waals surface area contributed by atoms with E-state index in [1.807, 2.05) is 13.0 Å². The molecule has 1 N–H and O–H groups in total. The molecule has 0 spiro atoms. The topological polar surface area (TPSA) is 34.2 Å². The molecule has 0 radical (unpaired) electrons. The molecule has 0 aliphatic heterocycles. The van der Waals surface area contributed by atoms with Gasteiger partial charge in [0.1, 0.15) is 17.3 Å². The van der Waals surface area contributed by atoms with E-state index in [4.69, 9.17) is 4.74 Å². The largest absolute Gasteiger partial charge is 0.455 e. The van der Waals surface area contributed by atoms with Crippen LogP contribution in [0.25, 0.3) is 0 Å². The molecule has 2 rings (SSSR count). The van der Waals surface area contributed by atoms with Gasteiger partial charge in [0.25, 0.3) is 0 Å². The molecule has 1 aromatic carbocycles. The summed E-state index contributed by atoms with van der Waals surface area (Å²) >= 11 is 0. The van der Waals surface area contributed by atoms with Crippen molar-refractivity contribution in [1.29, 1.82) is 0 Å². The zero-order valence-corrected chi connectivity index (χ0v) is 10.2. The van der Waals surface area contributed by atoms with Crippen LogP contribution in [0, 0.1) is 5.82 Å². The highest BCUT2D eigenvalue weighted by Crippen LogP contribution is 2.24. The molecule has 3 nitrogen and oxygen atoms in total. The van der Waals surface area contributed by atoms with Crippen molar-refractivity contribution in [2.45, 2.75) is 13.5 Å². The van der Waals surface area contributed by atoms with Crippen molar-refractivity contribution in [2.75, 3.05) is 6.54 Å². The first-order chi connectivity index (χ1) is 8.79. The van der Waals surface area contributed by atoms with Crippen LogP contribution in [0.3, 0.4) is 0 Å². The van der Waals surface area contributed by atoms with Gasteiger partial charge in [0.15, 0.2) is 0 Å². The van der Waals surface area contributed by atoms with E-state index in [2.05, 4.69) is 10.3 Å². The van der Waals surface area contributed by atoms with Crippen molar-refractivity contribution in [2.24, 2.45) is 0 Å². The van der Waals surface area contributed by atoms with Crippen molar-refractivity contribution in [3.05, 3.63) is 54.1 Å². The van der Waals surface area contributed by atoms with Gasteiger partial charge in [-0.25, -0.2) is 4.39 Å². The Balaban J connectivity index is 2.17. The molecule has 18 heavy (non-hydrogen) atoms. The van der Waals surface area contributed by atoms with Gasteiger partial charge >= 0.3 is 0 Å². The van der Waals surface area contributed by atoms with E-state index >= 15 is 0 Å². The molecule has 94 valence electrons. The van der Waals surface area contributed by atoms with Gasteiger partial charge in [-0.1, -0.05) is 13.0 Å². The lowest BCUT2D eigenvalue weighted by molar-refractivity contribution is 0.465. The smallest absolute Gasteiger partial charge is 0.150 e. The number of hydrogen-bond acceptors (Lipinski definition) is 3. The maximum absolute atomic E-state index is 13.1. The van der Waals surface area contributed by atoms with Gasteiger partial charge in [-0.05, 0) is 24.7 Å². The molecule has 0 amide bonds. The third kappa shape index (κ3) is 3.28. The minimum absolute atomic E-state index is 0.315. The van der Waals surface area contributed by atoms with Crippen LogP contribution in [0.5, 0.6) is 11.5 Å². The number of hydrogen-bond donors (Lipinski definition) is 1. The van der Waals surface area contributed by atoms with Gasteiger partial charge in [-0.15, -0.1) is 0 Å². The van der Waals surface area contributed by atoms with Crippen LogP contribution in [0.2, 0.25) is 0 Å². The Kier molecular flexibility index (Phi) is 4.25. The van der Waals surface area contributed by atoms with Crippen LogP contribution in [0.15, 0.2) is 42.7 Å². The van der Waals surface area contributed by atoms with E-state index in [1.54, 1.807) is 24.5 Å². The van der Waals surface area contributed by atoms with E-state index in [-0.39, 0.29) is 5.82 Å². The van der Waals surface area contributed by atoms with E-state index in [0.29, 0.717) is 18.0 Å². The Morgan fingerprint density at radius 3 is 3.00 bits per heavy atom. The van der Waals surface area contributed by atoms with Crippen LogP contribution in [-0.2, 0) is 6.54 Å². The summed E-state index contributed by atoms with van der Waals surface area (Å²) in [5.41, 5.74) is 0.996. The summed E-state index contributed by atoms with van der Waals surface area (Å²) in [7, 11) is 0. The Bertz CT molecular complexity index is 517. The number of ether oxygens (including phenoxy) is 1. The molecular formula is C14H15FN2O. The van der Waals surface area contributed by atoms with E-state index < -0.39 is 0 Å². The molecule has 0 saturated carbocycles. The first-order valence-electron chi connectivity index (χ1n) is 5.86. The third-order valence-corrected chi connectivity index (χ3v) is 2.46. The summed E-state index contributed by atoms with van der Waals surface area (Å²) < 4.78 is 18.7. The molecule has 0 saturated heterocycles. The SMILES string of the molecule is CCNCc1ccncc1Oc1cccc(F)c1. The zero-order chi connectivity index (χ0) is 12.8. The quantitative estimate of drug-likeness (QED) is 0.880. The molecule has 0 aliphatic rings. The molecule has 1 heterocycles. The van der Waals surface area contributed by atoms with Crippen molar-refractivity contribution >= 4 is 0 Å². The van der Waals surface area contributed by atoms with E-state index in [9.17, 15) is 4.39 Å². The molecule has 0 bridgehead atoms. The van der Waals surface area contributed by atoms with Gasteiger partial charge in [-0.3, -0.25) is 4.98 Å². The Hall–Kier alpha value is -1.94. The lowest BCUT2D eigenvalue weighted by atomic mass is 10.2. The molecule has 0 aliphatic carbocycles. The summed E-state index contributed by atoms with van der Waals surface area (Å²) in [6.45, 7) is 3.61. The van der Waals surface area contributed by atoms with E-state index in [1.165, 1.54) is 12.1 Å². The molecule has 4 heteroatoms. The number of nitrogens with one attached hydrogen (secondary N) is 1. The first-order valence-corrected chi connectivity index (χ1v) is 5.86. The van der Waals surface area contributed by atoms with Crippen molar-refractivity contribution < 1.29 is 9.13 Å². The fraction of sp³-hybridized carbons (Fsp3) is 0.214. The van der Waals surface area contributed by atoms with Crippen LogP contribution >= 0.6 is 0 Å². The highest BCUT2D eigenvalue weighted by molar-refractivity contribution is 5.35. The van der Waals surface area contributed by atoms with Crippen molar-refractivity contribution in [3.63, 3.8) is 0 Å². The Morgan fingerprint density at radius 2 is 2.22 bits per heavy atom. The van der Waals surface area contributed by atoms with Crippen molar-refractivity contribution in [1.82, 2.24) is 10.3 Å². The molecule has 2 aromatic rings. The van der Waals surface area contributed by atoms with Crippen LogP contribution < -0.4 is 10.1 Å². The fourth-order valence-corrected chi connectivity index (χ4v) is 1.56. The highest BCUT2D eigenvalue weighted by Gasteiger charge is 2.05. The Morgan fingerprint density at radius 1 is 1.33 bits per heavy atom. The van der Waals surface area contributed by atoms with Crippen LogP contribution in [-0.4, -0.2) is 11.5 Å². The van der Waals surface area contributed by atoms with Crippen LogP contribution in [0.4, 0.5) is 4.39 Å². The standard InChI is InChI=1S/C14H15FN2O/c1-2-16-9-11-6-7-17-10-14(11)18-13-5-3-4-12(15)8-13/h3-8,10,16H,2,9H2,1H3. The summed E-state index contributed by atoms with van der Waals surface area (Å²) in [6.07, 6.45) is 3.35. The number of benzene rings is 1. The van der Waals surface area contributed by atoms with Crippen LogP contribution in [0.1, 0.15) is 12.5 Å². The molecule has 0 fully saturated rings. The third-order valence-electron chi connectivity index (χ3n) is 2.46. The summed E-state index contributed by atoms with van der Waals surface area (Å²) in [6, 6.07) is 7.95. The maximum Gasteiger partial charge on any atom is 0.150 e. The number of aromatic nitrogens is 1. The monoisotopic (exact) mass is 246 g/mol. The van der Waals surface area contributed by atoms with Gasteiger partial charge < -0.3 is 10.1 Å². The average molecular weight is 246 g/mol. The Labute approximate surface area is 106 Å². The second-order valence-electron chi connectivity index (χ2n) is 3.82. The summed E-state index contributed by atoms with van der Waals surface area (Å²) in [4.78, 5) is 4.03. The molecular weight excluding hydrogens is 231 g/mol. The van der Waals surface area contributed by atoms with Crippen molar-refractivity contribution in [3.8, 4) is 11.5 Å². The fourth-order valence-electron chi connectivity index (χ4n) is 1.56. The predicted octanol–water partition coefficient (Wildman–Crippen LogP) is 3.12. The maximum atomic E-state index is 13.1. The van der Waals surface area contributed by atoms with Gasteiger partial charge in [0.05, 0.1) is 6.20 Å². The van der Waals surface area contributed by atoms with Gasteiger partial charge in [0, 0.05) is 24.4 Å². The number of nitrogens with zero attached hydrogens (tertiary/aromatic N) is 1. The normalized spacial score (nSPS) is 10.3. The lowest BCUT2D eigenvalue weighted by Gasteiger charge is -2.10. The lowest BCUT2D eigenvalue weighted by Crippen LogP contribution is -2.12. The number of halogens is 1. The van der Waals surface area contributed by atoms with Gasteiger partial charge in [-0.2, -0.15) is 0 Å². The van der Waals surface area contributed by atoms with E-state index in [0.717, 1.165) is 12.1 Å². The predicted molar refractivity (Wildman–Crippen MR) is 68.1 cm³/mol. The molecule has 1 aromatic heterocycles. The summed E-state index contributed by atoms with van der Waals surface area (Å²) in [5, 5.41) is 3.22. The number of pyridine rings is 1. The zero-order valence-electron chi connectivity index (χ0n) is 10.2. The first kappa shape index (κ1) is 12.5. The highest BCUT2D eigenvalue weighted by atomic mass is 19.1. The second-order valence-corrected chi connectivity index (χ2v) is 3.82. The molecule has 0 unspecified atom stereocenters. The minimum Gasteiger partial charge on any atom is -0.455 e. The molecule has 0 atom stereocenters.